The molecular formula is C79H78. The maximum absolute atomic E-state index is 2.36. The summed E-state index contributed by atoms with van der Waals surface area (Å²) < 4.78 is 0. The monoisotopic (exact) mass is 1030 g/mol. The average molecular weight is 1030 g/mol. The second-order valence-corrected chi connectivity index (χ2v) is 23.7. The molecule has 10 aromatic carbocycles. The molecule has 0 nitrogen and oxygen atoms in total. The Bertz CT molecular complexity index is 4070. The minimum absolute atomic E-state index is 1.10. The van der Waals surface area contributed by atoms with Crippen molar-refractivity contribution in [3.63, 3.8) is 0 Å². The van der Waals surface area contributed by atoms with Crippen LogP contribution in [0.5, 0.6) is 0 Å². The van der Waals surface area contributed by atoms with Gasteiger partial charge in [-0.2, -0.15) is 0 Å². The SMILES string of the molecule is Cc1cc(C)c2c(c1C)-c1ccccc1C2.Cc1cc2c(c(C)c1C)-c1ccccc1C2.Cc1ccc2c(c1)-c1c(ccc(C)c1C)C2.Cc1ccc2c(c1C)-c1c(C)cccc1C2.Cc1ccc2c(c1C)-c1ccccc1C2. The van der Waals surface area contributed by atoms with Crippen LogP contribution in [0.3, 0.4) is 0 Å². The van der Waals surface area contributed by atoms with Crippen molar-refractivity contribution >= 4 is 0 Å². The molecule has 0 radical (unpaired) electrons. The van der Waals surface area contributed by atoms with E-state index in [-0.39, 0.29) is 0 Å². The Labute approximate surface area is 473 Å². The lowest BCUT2D eigenvalue weighted by Crippen LogP contribution is -1.92. The molecular weight excluding hydrogens is 949 g/mol. The lowest BCUT2D eigenvalue weighted by molar-refractivity contribution is 1.19. The molecule has 0 unspecified atom stereocenters. The van der Waals surface area contributed by atoms with Crippen molar-refractivity contribution in [2.45, 2.75) is 129 Å². The van der Waals surface area contributed by atoms with E-state index in [0.29, 0.717) is 0 Å². The lowest BCUT2D eigenvalue weighted by atomic mass is 9.93. The van der Waals surface area contributed by atoms with Crippen LogP contribution in [0, 0.1) is 96.9 Å². The summed E-state index contributed by atoms with van der Waals surface area (Å²) in [6.07, 6.45) is 5.53. The van der Waals surface area contributed by atoms with Gasteiger partial charge in [-0.1, -0.05) is 163 Å². The van der Waals surface area contributed by atoms with Crippen molar-refractivity contribution in [1.29, 1.82) is 0 Å². The summed E-state index contributed by atoms with van der Waals surface area (Å²) in [5.41, 5.74) is 49.5. The van der Waals surface area contributed by atoms with Gasteiger partial charge in [0.25, 0.3) is 0 Å². The quantitative estimate of drug-likeness (QED) is 0.142. The zero-order chi connectivity index (χ0) is 55.6. The molecule has 0 N–H and O–H groups in total. The first-order chi connectivity index (χ1) is 38.0. The smallest absolute Gasteiger partial charge is 0.00107 e. The van der Waals surface area contributed by atoms with Gasteiger partial charge in [-0.05, 0) is 313 Å². The van der Waals surface area contributed by atoms with Gasteiger partial charge in [-0.3, -0.25) is 0 Å². The first kappa shape index (κ1) is 53.2. The molecule has 0 spiro atoms. The van der Waals surface area contributed by atoms with Crippen LogP contribution in [0.4, 0.5) is 0 Å². The molecule has 394 valence electrons. The van der Waals surface area contributed by atoms with Crippen molar-refractivity contribution in [3.05, 3.63) is 291 Å². The zero-order valence-corrected chi connectivity index (χ0v) is 49.5. The maximum atomic E-state index is 2.36. The van der Waals surface area contributed by atoms with Crippen LogP contribution in [0.15, 0.2) is 158 Å². The van der Waals surface area contributed by atoms with Gasteiger partial charge in [-0.25, -0.2) is 0 Å². The Morgan fingerprint density at radius 1 is 0.203 bits per heavy atom. The van der Waals surface area contributed by atoms with Gasteiger partial charge in [0.05, 0.1) is 0 Å². The van der Waals surface area contributed by atoms with E-state index in [0.717, 1.165) is 32.1 Å². The number of fused-ring (bicyclic) bond motifs is 15. The molecule has 0 aliphatic heterocycles. The number of benzene rings is 10. The summed E-state index contributed by atoms with van der Waals surface area (Å²) >= 11 is 0. The fourth-order valence-corrected chi connectivity index (χ4v) is 13.6. The Hall–Kier alpha value is -7.80. The number of rotatable bonds is 0. The fourth-order valence-electron chi connectivity index (χ4n) is 13.6. The van der Waals surface area contributed by atoms with Gasteiger partial charge in [-0.15, -0.1) is 0 Å². The summed E-state index contributed by atoms with van der Waals surface area (Å²) in [6, 6.07) is 58.0. The second kappa shape index (κ2) is 21.4. The minimum atomic E-state index is 1.10. The van der Waals surface area contributed by atoms with Crippen LogP contribution in [0.25, 0.3) is 55.6 Å². The average Bonchev–Trinajstić information content (AvgIpc) is 4.34. The molecule has 0 atom stereocenters. The van der Waals surface area contributed by atoms with Crippen molar-refractivity contribution in [2.24, 2.45) is 0 Å². The van der Waals surface area contributed by atoms with Crippen molar-refractivity contribution in [3.8, 4) is 55.6 Å². The standard InChI is InChI=1S/4C16H16.C15H14/c1-10-4-6-13-9-14-7-5-11(2)12(3)16(14)15(13)8-10;1-10-7-8-14-9-13-6-4-5-11(2)15(13)16(14)12(10)3;1-10-8-14-9-13-6-4-5-7-15(13)16(14)12(3)11(10)2;1-10-8-11(2)15-9-13-6-4-5-7-14(13)16(15)12(10)3;1-10-7-8-13-9-12-5-3-4-6-14(12)15(13)11(10)2/h4*4-8H,9H2,1-3H3;3-8H,9H2,1-2H3. The van der Waals surface area contributed by atoms with Crippen LogP contribution >= 0.6 is 0 Å². The number of hydrogen-bond acceptors (Lipinski definition) is 0. The molecule has 0 heterocycles. The Balaban J connectivity index is 0.000000104. The molecule has 0 saturated heterocycles. The molecule has 10 aromatic rings. The summed E-state index contributed by atoms with van der Waals surface area (Å²) in [7, 11) is 0. The highest BCUT2D eigenvalue weighted by Crippen LogP contribution is 2.45. The van der Waals surface area contributed by atoms with E-state index < -0.39 is 0 Å². The fraction of sp³-hybridized carbons (Fsp3) is 0.241. The van der Waals surface area contributed by atoms with Crippen molar-refractivity contribution in [2.75, 3.05) is 0 Å². The molecule has 0 bridgehead atoms. The molecule has 0 saturated carbocycles. The van der Waals surface area contributed by atoms with Gasteiger partial charge in [0.15, 0.2) is 0 Å². The predicted octanol–water partition coefficient (Wildman–Crippen LogP) is 20.6. The topological polar surface area (TPSA) is 0 Å². The van der Waals surface area contributed by atoms with Gasteiger partial charge in [0.1, 0.15) is 0 Å². The van der Waals surface area contributed by atoms with Crippen molar-refractivity contribution in [1.82, 2.24) is 0 Å². The molecule has 0 amide bonds. The van der Waals surface area contributed by atoms with Crippen LogP contribution in [0.2, 0.25) is 0 Å². The highest BCUT2D eigenvalue weighted by molar-refractivity contribution is 5.85. The van der Waals surface area contributed by atoms with Gasteiger partial charge in [0.2, 0.25) is 0 Å². The third-order valence-electron chi connectivity index (χ3n) is 18.8. The van der Waals surface area contributed by atoms with E-state index in [2.05, 4.69) is 255 Å². The van der Waals surface area contributed by atoms with E-state index in [1.807, 2.05) is 0 Å². The first-order valence-corrected chi connectivity index (χ1v) is 28.9. The Morgan fingerprint density at radius 2 is 0.595 bits per heavy atom. The Morgan fingerprint density at radius 3 is 1.18 bits per heavy atom. The molecule has 15 rings (SSSR count). The normalized spacial score (nSPS) is 12.4. The van der Waals surface area contributed by atoms with E-state index in [9.17, 15) is 0 Å². The van der Waals surface area contributed by atoms with Gasteiger partial charge < -0.3 is 0 Å². The second-order valence-electron chi connectivity index (χ2n) is 23.7. The summed E-state index contributed by atoms with van der Waals surface area (Å²) in [4.78, 5) is 0. The highest BCUT2D eigenvalue weighted by atomic mass is 14.3. The molecule has 5 aliphatic carbocycles. The largest absolute Gasteiger partial charge is 0.0619 e. The lowest BCUT2D eigenvalue weighted by Gasteiger charge is -2.11. The van der Waals surface area contributed by atoms with E-state index in [4.69, 9.17) is 0 Å². The predicted molar refractivity (Wildman–Crippen MR) is 340 cm³/mol. The van der Waals surface area contributed by atoms with Crippen LogP contribution in [-0.2, 0) is 32.1 Å². The Kier molecular flexibility index (Phi) is 14.4. The zero-order valence-electron chi connectivity index (χ0n) is 49.5. The maximum Gasteiger partial charge on any atom is -0.00107 e. The third-order valence-corrected chi connectivity index (χ3v) is 18.8. The molecule has 79 heavy (non-hydrogen) atoms. The number of hydrogen-bond donors (Lipinski definition) is 0. The minimum Gasteiger partial charge on any atom is -0.0619 e. The highest BCUT2D eigenvalue weighted by Gasteiger charge is 2.26. The van der Waals surface area contributed by atoms with Crippen LogP contribution in [0.1, 0.15) is 134 Å². The molecule has 5 aliphatic rings. The summed E-state index contributed by atoms with van der Waals surface area (Å²) in [6.45, 7) is 31.1. The summed E-state index contributed by atoms with van der Waals surface area (Å²) in [5.74, 6) is 0. The van der Waals surface area contributed by atoms with E-state index in [1.165, 1.54) is 189 Å². The van der Waals surface area contributed by atoms with E-state index in [1.54, 1.807) is 0 Å². The van der Waals surface area contributed by atoms with Crippen molar-refractivity contribution < 1.29 is 0 Å². The molecule has 0 aromatic heterocycles. The van der Waals surface area contributed by atoms with Crippen LogP contribution < -0.4 is 0 Å². The summed E-state index contributed by atoms with van der Waals surface area (Å²) in [5, 5.41) is 0. The van der Waals surface area contributed by atoms with Gasteiger partial charge >= 0.3 is 0 Å². The number of aryl methyl sites for hydroxylation is 8. The van der Waals surface area contributed by atoms with E-state index >= 15 is 0 Å². The third kappa shape index (κ3) is 9.73. The first-order valence-electron chi connectivity index (χ1n) is 28.9. The van der Waals surface area contributed by atoms with Gasteiger partial charge in [0, 0.05) is 0 Å². The molecule has 0 fully saturated rings. The molecule has 0 heteroatoms. The van der Waals surface area contributed by atoms with Crippen LogP contribution in [-0.4, -0.2) is 0 Å².